The standard InChI is InChI=1S/C24H28N4O/c1-5-8-18(9-6-2)20-15-28(4)23-22(20)16(3)21(14-26-23)27-24(29)19-11-7-10-17(12-19)13-25/h7,10-12,14-15,18H,5-6,8-9H2,1-4H3,(H,27,29). The number of rotatable bonds is 7. The van der Waals surface area contributed by atoms with Crippen molar-refractivity contribution in [1.82, 2.24) is 9.55 Å². The summed E-state index contributed by atoms with van der Waals surface area (Å²) in [6.07, 6.45) is 8.48. The van der Waals surface area contributed by atoms with Gasteiger partial charge in [0.05, 0.1) is 23.5 Å². The van der Waals surface area contributed by atoms with Gasteiger partial charge < -0.3 is 9.88 Å². The van der Waals surface area contributed by atoms with Gasteiger partial charge >= 0.3 is 0 Å². The number of hydrogen-bond acceptors (Lipinski definition) is 3. The van der Waals surface area contributed by atoms with E-state index < -0.39 is 0 Å². The molecule has 3 rings (SSSR count). The first-order valence-electron chi connectivity index (χ1n) is 10.3. The van der Waals surface area contributed by atoms with Gasteiger partial charge in [-0.2, -0.15) is 5.26 Å². The minimum absolute atomic E-state index is 0.234. The van der Waals surface area contributed by atoms with Crippen molar-refractivity contribution in [3.63, 3.8) is 0 Å². The predicted molar refractivity (Wildman–Crippen MR) is 117 cm³/mol. The predicted octanol–water partition coefficient (Wildman–Crippen LogP) is 5.69. The van der Waals surface area contributed by atoms with Gasteiger partial charge in [-0.25, -0.2) is 4.98 Å². The van der Waals surface area contributed by atoms with Crippen LogP contribution >= 0.6 is 0 Å². The molecule has 1 amide bonds. The lowest BCUT2D eigenvalue weighted by atomic mass is 9.89. The summed E-state index contributed by atoms with van der Waals surface area (Å²) in [5, 5.41) is 13.2. The van der Waals surface area contributed by atoms with Crippen LogP contribution < -0.4 is 5.32 Å². The summed E-state index contributed by atoms with van der Waals surface area (Å²) < 4.78 is 2.08. The van der Waals surface area contributed by atoms with E-state index in [0.29, 0.717) is 22.7 Å². The molecule has 150 valence electrons. The van der Waals surface area contributed by atoms with Gasteiger partial charge in [-0.1, -0.05) is 32.8 Å². The highest BCUT2D eigenvalue weighted by Crippen LogP contribution is 2.36. The lowest BCUT2D eigenvalue weighted by Gasteiger charge is -2.16. The normalized spacial score (nSPS) is 11.0. The highest BCUT2D eigenvalue weighted by atomic mass is 16.1. The molecule has 2 heterocycles. The van der Waals surface area contributed by atoms with Gasteiger partial charge in [0.2, 0.25) is 0 Å². The van der Waals surface area contributed by atoms with Crippen LogP contribution in [0.2, 0.25) is 0 Å². The van der Waals surface area contributed by atoms with E-state index in [1.807, 2.05) is 14.0 Å². The van der Waals surface area contributed by atoms with E-state index in [1.54, 1.807) is 30.5 Å². The number of anilines is 1. The van der Waals surface area contributed by atoms with Crippen LogP contribution in [0.4, 0.5) is 5.69 Å². The monoisotopic (exact) mass is 388 g/mol. The Hall–Kier alpha value is -3.13. The summed E-state index contributed by atoms with van der Waals surface area (Å²) in [5.41, 5.74) is 4.94. The molecule has 0 radical (unpaired) electrons. The summed E-state index contributed by atoms with van der Waals surface area (Å²) in [5.74, 6) is 0.259. The Balaban J connectivity index is 2.01. The highest BCUT2D eigenvalue weighted by Gasteiger charge is 2.20. The molecule has 0 aliphatic rings. The van der Waals surface area contributed by atoms with Gasteiger partial charge in [0.15, 0.2) is 0 Å². The van der Waals surface area contributed by atoms with Crippen molar-refractivity contribution in [2.24, 2.45) is 7.05 Å². The van der Waals surface area contributed by atoms with E-state index in [4.69, 9.17) is 5.26 Å². The number of nitrogens with one attached hydrogen (secondary N) is 1. The molecule has 0 aliphatic carbocycles. The molecule has 0 saturated carbocycles. The Labute approximate surface area is 172 Å². The second-order valence-electron chi connectivity index (χ2n) is 7.61. The zero-order chi connectivity index (χ0) is 21.0. The number of benzene rings is 1. The summed E-state index contributed by atoms with van der Waals surface area (Å²) >= 11 is 0. The maximum atomic E-state index is 12.7. The number of nitriles is 1. The smallest absolute Gasteiger partial charge is 0.255 e. The van der Waals surface area contributed by atoms with Crippen LogP contribution in [0.5, 0.6) is 0 Å². The van der Waals surface area contributed by atoms with Gasteiger partial charge in [0, 0.05) is 24.2 Å². The zero-order valence-electron chi connectivity index (χ0n) is 17.6. The van der Waals surface area contributed by atoms with E-state index in [-0.39, 0.29) is 5.91 Å². The number of carbonyl (C=O) groups is 1. The first-order chi connectivity index (χ1) is 14.0. The number of amides is 1. The third kappa shape index (κ3) is 4.17. The molecule has 0 unspecified atom stereocenters. The fraction of sp³-hybridized carbons (Fsp3) is 0.375. The van der Waals surface area contributed by atoms with Crippen molar-refractivity contribution < 1.29 is 4.79 Å². The minimum atomic E-state index is -0.234. The van der Waals surface area contributed by atoms with Crippen LogP contribution in [0, 0.1) is 18.3 Å². The number of carbonyl (C=O) groups excluding carboxylic acids is 1. The van der Waals surface area contributed by atoms with Crippen molar-refractivity contribution in [3.05, 3.63) is 58.9 Å². The molecule has 0 fully saturated rings. The molecule has 2 aromatic heterocycles. The number of aryl methyl sites for hydroxylation is 2. The second-order valence-corrected chi connectivity index (χ2v) is 7.61. The van der Waals surface area contributed by atoms with Gasteiger partial charge in [-0.05, 0) is 55.0 Å². The quantitative estimate of drug-likeness (QED) is 0.565. The lowest BCUT2D eigenvalue weighted by molar-refractivity contribution is 0.102. The van der Waals surface area contributed by atoms with E-state index in [2.05, 4.69) is 41.0 Å². The van der Waals surface area contributed by atoms with Crippen LogP contribution in [-0.2, 0) is 7.05 Å². The minimum Gasteiger partial charge on any atom is -0.335 e. The van der Waals surface area contributed by atoms with Crippen LogP contribution in [0.3, 0.4) is 0 Å². The van der Waals surface area contributed by atoms with E-state index in [1.165, 1.54) is 5.56 Å². The van der Waals surface area contributed by atoms with Crippen LogP contribution in [0.25, 0.3) is 11.0 Å². The van der Waals surface area contributed by atoms with Gasteiger partial charge in [0.1, 0.15) is 5.65 Å². The molecule has 0 spiro atoms. The molecule has 0 atom stereocenters. The largest absolute Gasteiger partial charge is 0.335 e. The number of fused-ring (bicyclic) bond motifs is 1. The molecule has 1 aromatic carbocycles. The summed E-state index contributed by atoms with van der Waals surface area (Å²) in [4.78, 5) is 17.4. The number of hydrogen-bond donors (Lipinski definition) is 1. The fourth-order valence-corrected chi connectivity index (χ4v) is 4.05. The first kappa shape index (κ1) is 20.6. The van der Waals surface area contributed by atoms with Crippen LogP contribution in [0.15, 0.2) is 36.7 Å². The van der Waals surface area contributed by atoms with Crippen molar-refractivity contribution in [2.75, 3.05) is 5.32 Å². The molecule has 3 aromatic rings. The topological polar surface area (TPSA) is 70.7 Å². The van der Waals surface area contributed by atoms with Gasteiger partial charge in [0.25, 0.3) is 5.91 Å². The molecule has 5 heteroatoms. The maximum Gasteiger partial charge on any atom is 0.255 e. The second kappa shape index (κ2) is 8.91. The molecule has 0 bridgehead atoms. The van der Waals surface area contributed by atoms with E-state index in [0.717, 1.165) is 42.3 Å². The molecular weight excluding hydrogens is 360 g/mol. The van der Waals surface area contributed by atoms with Gasteiger partial charge in [-0.3, -0.25) is 4.79 Å². The van der Waals surface area contributed by atoms with E-state index in [9.17, 15) is 4.79 Å². The summed E-state index contributed by atoms with van der Waals surface area (Å²) in [6.45, 7) is 6.49. The zero-order valence-corrected chi connectivity index (χ0v) is 17.6. The van der Waals surface area contributed by atoms with Crippen molar-refractivity contribution in [2.45, 2.75) is 52.4 Å². The Kier molecular flexibility index (Phi) is 6.33. The molecular formula is C24H28N4O. The fourth-order valence-electron chi connectivity index (χ4n) is 4.05. The van der Waals surface area contributed by atoms with Crippen LogP contribution in [0.1, 0.15) is 72.5 Å². The average Bonchev–Trinajstić information content (AvgIpc) is 3.07. The third-order valence-corrected chi connectivity index (χ3v) is 5.49. The Morgan fingerprint density at radius 2 is 2.00 bits per heavy atom. The third-order valence-electron chi connectivity index (χ3n) is 5.49. The molecule has 5 nitrogen and oxygen atoms in total. The Morgan fingerprint density at radius 1 is 1.28 bits per heavy atom. The molecule has 0 aliphatic heterocycles. The lowest BCUT2D eigenvalue weighted by Crippen LogP contribution is -2.13. The molecule has 1 N–H and O–H groups in total. The maximum absolute atomic E-state index is 12.7. The molecule has 0 saturated heterocycles. The number of aromatic nitrogens is 2. The number of nitrogens with zero attached hydrogens (tertiary/aromatic N) is 3. The SMILES string of the molecule is CCCC(CCC)c1cn(C)c2ncc(NC(=O)c3cccc(C#N)c3)c(C)c12. The van der Waals surface area contributed by atoms with Gasteiger partial charge in [-0.15, -0.1) is 0 Å². The first-order valence-corrected chi connectivity index (χ1v) is 10.3. The van der Waals surface area contributed by atoms with Crippen molar-refractivity contribution in [1.29, 1.82) is 5.26 Å². The Morgan fingerprint density at radius 3 is 2.66 bits per heavy atom. The summed E-state index contributed by atoms with van der Waals surface area (Å²) in [7, 11) is 2.03. The average molecular weight is 389 g/mol. The van der Waals surface area contributed by atoms with E-state index >= 15 is 0 Å². The van der Waals surface area contributed by atoms with Crippen LogP contribution in [-0.4, -0.2) is 15.5 Å². The number of pyridine rings is 1. The Bertz CT molecular complexity index is 1070. The van der Waals surface area contributed by atoms with Crippen molar-refractivity contribution in [3.8, 4) is 6.07 Å². The van der Waals surface area contributed by atoms with Crippen molar-refractivity contribution >= 4 is 22.6 Å². The molecule has 29 heavy (non-hydrogen) atoms. The summed E-state index contributed by atoms with van der Waals surface area (Å²) in [6, 6.07) is 8.79. The highest BCUT2D eigenvalue weighted by molar-refractivity contribution is 6.06.